The number of benzene rings is 1. The van der Waals surface area contributed by atoms with Gasteiger partial charge in [-0.25, -0.2) is 22.5 Å². The zero-order valence-electron chi connectivity index (χ0n) is 14.9. The minimum absolute atomic E-state index is 0.0343. The fourth-order valence-corrected chi connectivity index (χ4v) is 2.35. The molecule has 0 bridgehead atoms. The lowest BCUT2D eigenvalue weighted by molar-refractivity contribution is 0.292. The van der Waals surface area contributed by atoms with Gasteiger partial charge in [-0.15, -0.1) is 0 Å². The van der Waals surface area contributed by atoms with Gasteiger partial charge in [0.1, 0.15) is 5.69 Å². The van der Waals surface area contributed by atoms with Crippen LogP contribution in [0.5, 0.6) is 0 Å². The molecule has 4 N–H and O–H groups in total. The van der Waals surface area contributed by atoms with Crippen molar-refractivity contribution >= 4 is 17.5 Å². The van der Waals surface area contributed by atoms with Crippen molar-refractivity contribution in [1.29, 1.82) is 0 Å². The summed E-state index contributed by atoms with van der Waals surface area (Å²) in [5.74, 6) is -6.01. The fraction of sp³-hybridized carbons (Fsp3) is 0.167. The second-order valence-corrected chi connectivity index (χ2v) is 5.80. The van der Waals surface area contributed by atoms with E-state index in [1.165, 1.54) is 6.07 Å². The lowest BCUT2D eigenvalue weighted by atomic mass is 10.2. The minimum atomic E-state index is -1.58. The highest BCUT2D eigenvalue weighted by atomic mass is 19.2. The molecule has 0 aliphatic carbocycles. The van der Waals surface area contributed by atoms with E-state index in [0.29, 0.717) is 24.2 Å². The van der Waals surface area contributed by atoms with Crippen LogP contribution in [-0.4, -0.2) is 33.2 Å². The fourth-order valence-electron chi connectivity index (χ4n) is 2.35. The first-order valence-electron chi connectivity index (χ1n) is 8.49. The van der Waals surface area contributed by atoms with Crippen molar-refractivity contribution in [2.45, 2.75) is 6.42 Å². The van der Waals surface area contributed by atoms with Crippen LogP contribution < -0.4 is 16.2 Å². The maximum absolute atomic E-state index is 13.8. The summed E-state index contributed by atoms with van der Waals surface area (Å²) in [6, 6.07) is 4.97. The van der Waals surface area contributed by atoms with Gasteiger partial charge >= 0.3 is 0 Å². The Morgan fingerprint density at radius 3 is 2.24 bits per heavy atom. The summed E-state index contributed by atoms with van der Waals surface area (Å²) in [7, 11) is 0. The van der Waals surface area contributed by atoms with Crippen LogP contribution in [0.25, 0.3) is 11.3 Å². The Morgan fingerprint density at radius 1 is 0.897 bits per heavy atom. The highest BCUT2D eigenvalue weighted by Crippen LogP contribution is 2.25. The van der Waals surface area contributed by atoms with Gasteiger partial charge in [-0.1, -0.05) is 0 Å². The van der Waals surface area contributed by atoms with E-state index in [9.17, 15) is 17.6 Å². The van der Waals surface area contributed by atoms with Crippen LogP contribution in [0.2, 0.25) is 0 Å². The van der Waals surface area contributed by atoms with Crippen LogP contribution in [0.1, 0.15) is 6.42 Å². The molecule has 29 heavy (non-hydrogen) atoms. The first-order valence-corrected chi connectivity index (χ1v) is 8.49. The molecule has 7 nitrogen and oxygen atoms in total. The number of rotatable bonds is 8. The summed E-state index contributed by atoms with van der Waals surface area (Å²) in [4.78, 5) is 12.4. The van der Waals surface area contributed by atoms with Crippen LogP contribution in [0.4, 0.5) is 35.0 Å². The lowest BCUT2D eigenvalue weighted by Gasteiger charge is -2.14. The second kappa shape index (κ2) is 9.15. The number of hydrogen-bond acceptors (Lipinski definition) is 7. The van der Waals surface area contributed by atoms with Gasteiger partial charge in [-0.2, -0.15) is 4.98 Å². The quantitative estimate of drug-likeness (QED) is 0.197. The van der Waals surface area contributed by atoms with Gasteiger partial charge in [0.15, 0.2) is 29.1 Å². The van der Waals surface area contributed by atoms with Crippen LogP contribution in [0.3, 0.4) is 0 Å². The number of hydrazine groups is 1. The van der Waals surface area contributed by atoms with Crippen molar-refractivity contribution in [1.82, 2.24) is 15.0 Å². The van der Waals surface area contributed by atoms with Gasteiger partial charge in [0, 0.05) is 43.2 Å². The van der Waals surface area contributed by atoms with Crippen molar-refractivity contribution < 1.29 is 22.7 Å². The lowest BCUT2D eigenvalue weighted by Crippen LogP contribution is -2.16. The maximum Gasteiger partial charge on any atom is 0.225 e. The summed E-state index contributed by atoms with van der Waals surface area (Å²) in [6.45, 7) is 0.342. The van der Waals surface area contributed by atoms with E-state index in [-0.39, 0.29) is 24.4 Å². The Morgan fingerprint density at radius 2 is 1.59 bits per heavy atom. The van der Waals surface area contributed by atoms with Crippen molar-refractivity contribution in [3.05, 3.63) is 59.9 Å². The molecule has 0 radical (unpaired) electrons. The van der Waals surface area contributed by atoms with Crippen molar-refractivity contribution in [3.63, 3.8) is 0 Å². The van der Waals surface area contributed by atoms with E-state index in [1.807, 2.05) is 0 Å². The van der Waals surface area contributed by atoms with E-state index >= 15 is 0 Å². The third kappa shape index (κ3) is 4.88. The molecule has 0 aliphatic rings. The maximum atomic E-state index is 13.8. The van der Waals surface area contributed by atoms with Crippen LogP contribution >= 0.6 is 0 Å². The smallest absolute Gasteiger partial charge is 0.225 e. The van der Waals surface area contributed by atoms with Gasteiger partial charge in [-0.05, 0) is 18.6 Å². The number of pyridine rings is 1. The summed E-state index contributed by atoms with van der Waals surface area (Å²) in [5, 5.41) is 11.8. The molecule has 11 heteroatoms. The Bertz CT molecular complexity index is 964. The monoisotopic (exact) mass is 408 g/mol. The van der Waals surface area contributed by atoms with Gasteiger partial charge in [-0.3, -0.25) is 15.8 Å². The molecule has 1 aromatic carbocycles. The van der Waals surface area contributed by atoms with Gasteiger partial charge in [0.2, 0.25) is 5.95 Å². The van der Waals surface area contributed by atoms with E-state index < -0.39 is 29.0 Å². The van der Waals surface area contributed by atoms with E-state index in [2.05, 4.69) is 31.1 Å². The van der Waals surface area contributed by atoms with Gasteiger partial charge < -0.3 is 10.4 Å². The zero-order chi connectivity index (χ0) is 20.8. The SMILES string of the molecule is OCCCNc1nc(NNc2c(F)c(F)cc(F)c2F)cc(-c2ccncc2)n1. The predicted octanol–water partition coefficient (Wildman–Crippen LogP) is 3.33. The molecule has 3 aromatic rings. The normalized spacial score (nSPS) is 10.7. The second-order valence-electron chi connectivity index (χ2n) is 5.80. The topological polar surface area (TPSA) is 95.0 Å². The number of aromatic nitrogens is 3. The highest BCUT2D eigenvalue weighted by molar-refractivity contribution is 5.65. The van der Waals surface area contributed by atoms with Crippen LogP contribution in [-0.2, 0) is 0 Å². The first kappa shape index (κ1) is 20.3. The number of halogens is 4. The molecular formula is C18H16F4N6O. The highest BCUT2D eigenvalue weighted by Gasteiger charge is 2.19. The third-order valence-corrected chi connectivity index (χ3v) is 3.75. The van der Waals surface area contributed by atoms with Crippen molar-refractivity contribution in [2.24, 2.45) is 0 Å². The number of anilines is 3. The average molecular weight is 408 g/mol. The Labute approximate surface area is 162 Å². The molecule has 0 spiro atoms. The molecule has 3 rings (SSSR count). The first-order chi connectivity index (χ1) is 14.0. The molecular weight excluding hydrogens is 392 g/mol. The molecule has 0 saturated heterocycles. The number of nitrogens with one attached hydrogen (secondary N) is 3. The Hall–Kier alpha value is -3.47. The van der Waals surface area contributed by atoms with E-state index in [0.717, 1.165) is 0 Å². The number of aliphatic hydroxyl groups excluding tert-OH is 1. The summed E-state index contributed by atoms with van der Waals surface area (Å²) < 4.78 is 54.3. The number of aliphatic hydroxyl groups is 1. The van der Waals surface area contributed by atoms with E-state index in [4.69, 9.17) is 5.11 Å². The molecule has 152 valence electrons. The van der Waals surface area contributed by atoms with Gasteiger partial charge in [0.25, 0.3) is 0 Å². The molecule has 0 unspecified atom stereocenters. The Balaban J connectivity index is 1.89. The molecule has 0 fully saturated rings. The number of hydrogen-bond donors (Lipinski definition) is 4. The average Bonchev–Trinajstić information content (AvgIpc) is 2.73. The number of nitrogens with zero attached hydrogens (tertiary/aromatic N) is 3. The molecule has 0 aliphatic heterocycles. The summed E-state index contributed by atoms with van der Waals surface area (Å²) >= 11 is 0. The molecule has 0 saturated carbocycles. The standard InChI is InChI=1S/C18H16F4N6O/c19-11-8-12(20)16(22)17(15(11)21)28-27-14-9-13(10-2-5-23-6-3-10)25-18(26-14)24-4-1-7-29/h2-3,5-6,8-9,28-29H,1,4,7H2,(H2,24,25,26,27). The van der Waals surface area contributed by atoms with Crippen molar-refractivity contribution in [3.8, 4) is 11.3 Å². The van der Waals surface area contributed by atoms with Crippen molar-refractivity contribution in [2.75, 3.05) is 29.3 Å². The molecule has 0 atom stereocenters. The molecule has 2 aromatic heterocycles. The Kier molecular flexibility index (Phi) is 6.39. The summed E-state index contributed by atoms with van der Waals surface area (Å²) in [5.41, 5.74) is 4.63. The minimum Gasteiger partial charge on any atom is -0.396 e. The van der Waals surface area contributed by atoms with Gasteiger partial charge in [0.05, 0.1) is 5.69 Å². The molecule has 0 amide bonds. The predicted molar refractivity (Wildman–Crippen MR) is 99.0 cm³/mol. The zero-order valence-corrected chi connectivity index (χ0v) is 14.9. The van der Waals surface area contributed by atoms with Crippen LogP contribution in [0.15, 0.2) is 36.7 Å². The van der Waals surface area contributed by atoms with E-state index in [1.54, 1.807) is 24.5 Å². The van der Waals surface area contributed by atoms with Crippen LogP contribution in [0, 0.1) is 23.3 Å². The summed E-state index contributed by atoms with van der Waals surface area (Å²) in [6.07, 6.45) is 3.56. The largest absolute Gasteiger partial charge is 0.396 e. The third-order valence-electron chi connectivity index (χ3n) is 3.75. The molecule has 2 heterocycles.